The monoisotopic (exact) mass is 496 g/mol. The molecule has 182 valence electrons. The van der Waals surface area contributed by atoms with Gasteiger partial charge in [0.2, 0.25) is 5.91 Å². The zero-order valence-electron chi connectivity index (χ0n) is 20.3. The Bertz CT molecular complexity index is 1350. The summed E-state index contributed by atoms with van der Waals surface area (Å²) in [7, 11) is 0. The molecule has 0 radical (unpaired) electrons. The van der Waals surface area contributed by atoms with Crippen LogP contribution in [0.3, 0.4) is 0 Å². The van der Waals surface area contributed by atoms with Crippen molar-refractivity contribution in [2.24, 2.45) is 0 Å². The summed E-state index contributed by atoms with van der Waals surface area (Å²) in [4.78, 5) is 24.1. The van der Waals surface area contributed by atoms with E-state index in [0.717, 1.165) is 34.0 Å². The Morgan fingerprint density at radius 1 is 1.00 bits per heavy atom. The number of pyridine rings is 2. The highest BCUT2D eigenvalue weighted by molar-refractivity contribution is 7.80. The summed E-state index contributed by atoms with van der Waals surface area (Å²) in [5.74, 6) is 0.771. The fraction of sp³-hybridized carbons (Fsp3) is 0.214. The number of carbonyl (C=O) groups excluding carboxylic acids is 1. The molecule has 3 aromatic heterocycles. The second-order valence-electron chi connectivity index (χ2n) is 8.98. The molecular weight excluding hydrogens is 468 g/mol. The lowest BCUT2D eigenvalue weighted by molar-refractivity contribution is -0.116. The van der Waals surface area contributed by atoms with Gasteiger partial charge in [-0.1, -0.05) is 29.8 Å². The number of benzene rings is 1. The zero-order valence-corrected chi connectivity index (χ0v) is 21.1. The second kappa shape index (κ2) is 10.3. The molecule has 2 unspecified atom stereocenters. The molecule has 0 saturated carbocycles. The summed E-state index contributed by atoms with van der Waals surface area (Å²) < 4.78 is 2.08. The van der Waals surface area contributed by atoms with E-state index in [2.05, 4.69) is 36.1 Å². The van der Waals surface area contributed by atoms with Crippen LogP contribution in [0.5, 0.6) is 0 Å². The van der Waals surface area contributed by atoms with Gasteiger partial charge in [0, 0.05) is 42.9 Å². The Morgan fingerprint density at radius 2 is 1.81 bits per heavy atom. The number of aryl methyl sites for hydroxylation is 2. The van der Waals surface area contributed by atoms with E-state index in [1.807, 2.05) is 86.9 Å². The number of hydrogen-bond donors (Lipinski definition) is 2. The van der Waals surface area contributed by atoms with Gasteiger partial charge in [0.15, 0.2) is 5.11 Å². The minimum atomic E-state index is -0.169. The molecule has 2 atom stereocenters. The third-order valence-corrected chi connectivity index (χ3v) is 6.69. The molecule has 7 nitrogen and oxygen atoms in total. The van der Waals surface area contributed by atoms with Gasteiger partial charge in [-0.2, -0.15) is 0 Å². The fourth-order valence-corrected chi connectivity index (χ4v) is 4.83. The summed E-state index contributed by atoms with van der Waals surface area (Å²) in [5.41, 5.74) is 4.95. The van der Waals surface area contributed by atoms with Crippen LogP contribution in [0.2, 0.25) is 0 Å². The van der Waals surface area contributed by atoms with Crippen LogP contribution < -0.4 is 10.6 Å². The molecule has 4 heterocycles. The summed E-state index contributed by atoms with van der Waals surface area (Å²) >= 11 is 5.77. The number of anilines is 1. The van der Waals surface area contributed by atoms with Gasteiger partial charge in [0.1, 0.15) is 5.82 Å². The topological polar surface area (TPSA) is 75.1 Å². The Hall–Kier alpha value is -4.04. The molecule has 1 aromatic carbocycles. The maximum atomic E-state index is 12.8. The van der Waals surface area contributed by atoms with Crippen LogP contribution >= 0.6 is 12.2 Å². The number of hydrogen-bond acceptors (Lipinski definition) is 4. The summed E-state index contributed by atoms with van der Waals surface area (Å²) in [6.07, 6.45) is 5.95. The molecule has 8 heteroatoms. The molecule has 0 spiro atoms. The number of amides is 1. The van der Waals surface area contributed by atoms with Crippen LogP contribution in [0, 0.1) is 13.8 Å². The van der Waals surface area contributed by atoms with Gasteiger partial charge in [-0.25, -0.2) is 4.98 Å². The van der Waals surface area contributed by atoms with E-state index in [1.165, 1.54) is 0 Å². The van der Waals surface area contributed by atoms with Crippen LogP contribution in [0.4, 0.5) is 5.69 Å². The van der Waals surface area contributed by atoms with E-state index in [9.17, 15) is 4.79 Å². The largest absolute Gasteiger partial charge is 0.352 e. The molecule has 36 heavy (non-hydrogen) atoms. The standard InChI is InChI=1S/C28H28N6OS/c1-19-8-11-21(12-9-19)31-25(35)14-17-34-27(26(32-28(34)36)22-6-3-4-15-29-22)23-7-5-16-33(23)24-13-10-20(2)18-30-24/h3-13,15-16,18,26-27H,14,17H2,1-2H3,(H,31,35)(H,32,36). The number of nitrogens with zero attached hydrogens (tertiary/aromatic N) is 4. The van der Waals surface area contributed by atoms with Crippen molar-refractivity contribution in [2.75, 3.05) is 11.9 Å². The number of rotatable bonds is 7. The molecule has 0 bridgehead atoms. The number of carbonyl (C=O) groups is 1. The van der Waals surface area contributed by atoms with Gasteiger partial charge in [-0.05, 0) is 74.1 Å². The molecule has 1 aliphatic rings. The van der Waals surface area contributed by atoms with E-state index in [1.54, 1.807) is 6.20 Å². The zero-order chi connectivity index (χ0) is 25.1. The van der Waals surface area contributed by atoms with Crippen molar-refractivity contribution in [3.05, 3.63) is 108 Å². The van der Waals surface area contributed by atoms with Gasteiger partial charge >= 0.3 is 0 Å². The van der Waals surface area contributed by atoms with Crippen molar-refractivity contribution in [3.8, 4) is 5.82 Å². The maximum Gasteiger partial charge on any atom is 0.226 e. The van der Waals surface area contributed by atoms with Gasteiger partial charge in [0.25, 0.3) is 0 Å². The van der Waals surface area contributed by atoms with Crippen LogP contribution in [-0.2, 0) is 4.79 Å². The van der Waals surface area contributed by atoms with Crippen LogP contribution in [0.25, 0.3) is 5.82 Å². The number of thiocarbonyl (C=S) groups is 1. The molecule has 1 aliphatic heterocycles. The first-order valence-electron chi connectivity index (χ1n) is 11.9. The normalized spacial score (nSPS) is 17.2. The predicted molar refractivity (Wildman–Crippen MR) is 145 cm³/mol. The van der Waals surface area contributed by atoms with Gasteiger partial charge in [-0.3, -0.25) is 9.78 Å². The molecular formula is C28H28N6OS. The summed E-state index contributed by atoms with van der Waals surface area (Å²) in [6.45, 7) is 4.50. The van der Waals surface area contributed by atoms with E-state index < -0.39 is 0 Å². The van der Waals surface area contributed by atoms with Crippen molar-refractivity contribution in [2.45, 2.75) is 32.4 Å². The third kappa shape index (κ3) is 4.99. The van der Waals surface area contributed by atoms with Crippen molar-refractivity contribution >= 4 is 28.9 Å². The maximum absolute atomic E-state index is 12.8. The molecule has 1 amide bonds. The van der Waals surface area contributed by atoms with E-state index in [4.69, 9.17) is 12.2 Å². The Balaban J connectivity index is 1.43. The Kier molecular flexibility index (Phi) is 6.77. The minimum Gasteiger partial charge on any atom is -0.352 e. The van der Waals surface area contributed by atoms with Crippen molar-refractivity contribution < 1.29 is 4.79 Å². The van der Waals surface area contributed by atoms with Crippen LogP contribution in [0.15, 0.2) is 85.3 Å². The average molecular weight is 497 g/mol. The lowest BCUT2D eigenvalue weighted by Gasteiger charge is -2.28. The van der Waals surface area contributed by atoms with Crippen molar-refractivity contribution in [1.82, 2.24) is 24.8 Å². The van der Waals surface area contributed by atoms with E-state index >= 15 is 0 Å². The third-order valence-electron chi connectivity index (χ3n) is 6.34. The predicted octanol–water partition coefficient (Wildman–Crippen LogP) is 4.89. The molecule has 4 aromatic rings. The van der Waals surface area contributed by atoms with Crippen LogP contribution in [0.1, 0.15) is 41.0 Å². The van der Waals surface area contributed by atoms with Crippen molar-refractivity contribution in [1.29, 1.82) is 0 Å². The van der Waals surface area contributed by atoms with Gasteiger partial charge in [-0.15, -0.1) is 0 Å². The SMILES string of the molecule is Cc1ccc(NC(=O)CCN2C(=S)NC(c3ccccn3)C2c2cccn2-c2ccc(C)cn2)cc1. The highest BCUT2D eigenvalue weighted by atomic mass is 32.1. The number of aromatic nitrogens is 3. The fourth-order valence-electron chi connectivity index (χ4n) is 4.50. The minimum absolute atomic E-state index is 0.0581. The Labute approximate surface area is 216 Å². The summed E-state index contributed by atoms with van der Waals surface area (Å²) in [5, 5.41) is 7.04. The molecule has 1 saturated heterocycles. The first-order chi connectivity index (χ1) is 17.5. The average Bonchev–Trinajstić information content (AvgIpc) is 3.49. The second-order valence-corrected chi connectivity index (χ2v) is 9.37. The number of nitrogens with one attached hydrogen (secondary N) is 2. The molecule has 0 aliphatic carbocycles. The van der Waals surface area contributed by atoms with Crippen LogP contribution in [-0.4, -0.2) is 37.0 Å². The lowest BCUT2D eigenvalue weighted by Crippen LogP contribution is -2.33. The first-order valence-corrected chi connectivity index (χ1v) is 12.4. The molecule has 5 rings (SSSR count). The van der Waals surface area contributed by atoms with Gasteiger partial charge < -0.3 is 20.1 Å². The van der Waals surface area contributed by atoms with Crippen molar-refractivity contribution in [3.63, 3.8) is 0 Å². The van der Waals surface area contributed by atoms with E-state index in [0.29, 0.717) is 18.1 Å². The molecule has 2 N–H and O–H groups in total. The lowest BCUT2D eigenvalue weighted by atomic mass is 10.0. The van der Waals surface area contributed by atoms with Gasteiger partial charge in [0.05, 0.1) is 17.8 Å². The smallest absolute Gasteiger partial charge is 0.226 e. The van der Waals surface area contributed by atoms with E-state index in [-0.39, 0.29) is 18.0 Å². The molecule has 1 fully saturated rings. The highest BCUT2D eigenvalue weighted by Gasteiger charge is 2.41. The summed E-state index contributed by atoms with van der Waals surface area (Å²) in [6, 6.07) is 21.5. The first kappa shape index (κ1) is 23.7. The quantitative estimate of drug-likeness (QED) is 0.355. The highest BCUT2D eigenvalue weighted by Crippen LogP contribution is 2.39. The Morgan fingerprint density at radius 3 is 2.53 bits per heavy atom.